The van der Waals surface area contributed by atoms with E-state index >= 15 is 0 Å². The first-order valence-corrected chi connectivity index (χ1v) is 8.80. The molecule has 2 N–H and O–H groups in total. The van der Waals surface area contributed by atoms with E-state index in [4.69, 9.17) is 16.3 Å². The van der Waals surface area contributed by atoms with Gasteiger partial charge in [-0.3, -0.25) is 4.98 Å². The predicted octanol–water partition coefficient (Wildman–Crippen LogP) is 4.13. The molecule has 0 radical (unpaired) electrons. The Morgan fingerprint density at radius 1 is 1.20 bits per heavy atom. The van der Waals surface area contributed by atoms with E-state index in [1.807, 2.05) is 30.3 Å². The number of hydrogen-bond acceptors (Lipinski definition) is 4. The summed E-state index contributed by atoms with van der Waals surface area (Å²) >= 11 is 6.15. The smallest absolute Gasteiger partial charge is 0.124 e. The van der Waals surface area contributed by atoms with Crippen LogP contribution in [0.3, 0.4) is 0 Å². The minimum absolute atomic E-state index is 0. The van der Waals surface area contributed by atoms with Crippen molar-refractivity contribution < 1.29 is 9.84 Å². The lowest BCUT2D eigenvalue weighted by atomic mass is 9.93. The molecule has 0 atom stereocenters. The fourth-order valence-electron chi connectivity index (χ4n) is 3.01. The van der Waals surface area contributed by atoms with E-state index in [-0.39, 0.29) is 18.5 Å². The number of nitrogens with zero attached hydrogens (tertiary/aromatic N) is 1. The fourth-order valence-corrected chi connectivity index (χ4v) is 3.20. The van der Waals surface area contributed by atoms with Gasteiger partial charge in [0.25, 0.3) is 0 Å². The molecule has 1 aliphatic rings. The minimum Gasteiger partial charge on any atom is -0.489 e. The lowest BCUT2D eigenvalue weighted by Gasteiger charge is -2.26. The average Bonchev–Trinajstić information content (AvgIpc) is 2.61. The Bertz CT molecular complexity index is 647. The van der Waals surface area contributed by atoms with Crippen LogP contribution in [0, 0.1) is 0 Å². The number of ether oxygens (including phenoxy) is 1. The minimum atomic E-state index is -0.132. The van der Waals surface area contributed by atoms with Gasteiger partial charge in [-0.25, -0.2) is 0 Å². The Balaban J connectivity index is 0.00000225. The van der Waals surface area contributed by atoms with Crippen LogP contribution in [0.4, 0.5) is 0 Å². The van der Waals surface area contributed by atoms with Crippen LogP contribution in [0.1, 0.15) is 36.8 Å². The maximum Gasteiger partial charge on any atom is 0.124 e. The van der Waals surface area contributed by atoms with Gasteiger partial charge >= 0.3 is 0 Å². The van der Waals surface area contributed by atoms with Crippen LogP contribution >= 0.6 is 24.0 Å². The van der Waals surface area contributed by atoms with Crippen molar-refractivity contribution in [3.05, 3.63) is 58.9 Å². The third-order valence-electron chi connectivity index (χ3n) is 4.42. The number of aliphatic hydroxyl groups excluding tert-OH is 1. The molecule has 1 aromatic heterocycles. The van der Waals surface area contributed by atoms with Crippen LogP contribution < -0.4 is 10.1 Å². The van der Waals surface area contributed by atoms with E-state index in [1.165, 1.54) is 0 Å². The number of rotatable bonds is 6. The molecule has 0 bridgehead atoms. The second-order valence-electron chi connectivity index (χ2n) is 6.29. The van der Waals surface area contributed by atoms with Crippen molar-refractivity contribution in [2.75, 3.05) is 0 Å². The fraction of sp³-hybridized carbons (Fsp3) is 0.421. The topological polar surface area (TPSA) is 54.4 Å². The second kappa shape index (κ2) is 9.97. The molecule has 1 heterocycles. The zero-order chi connectivity index (χ0) is 16.8. The number of halogens is 2. The van der Waals surface area contributed by atoms with Crippen LogP contribution in [0.2, 0.25) is 5.02 Å². The van der Waals surface area contributed by atoms with Crippen molar-refractivity contribution in [3.8, 4) is 5.75 Å². The summed E-state index contributed by atoms with van der Waals surface area (Å²) in [6.07, 6.45) is 7.19. The maximum atomic E-state index is 9.60. The third kappa shape index (κ3) is 6.15. The zero-order valence-electron chi connectivity index (χ0n) is 14.0. The molecule has 25 heavy (non-hydrogen) atoms. The molecule has 1 aliphatic carbocycles. The van der Waals surface area contributed by atoms with Crippen molar-refractivity contribution in [3.63, 3.8) is 0 Å². The Hall–Kier alpha value is -1.33. The molecule has 4 nitrogen and oxygen atoms in total. The highest BCUT2D eigenvalue weighted by Gasteiger charge is 2.19. The Kier molecular flexibility index (Phi) is 7.97. The molecule has 1 fully saturated rings. The summed E-state index contributed by atoms with van der Waals surface area (Å²) in [6, 6.07) is 10.1. The summed E-state index contributed by atoms with van der Waals surface area (Å²) in [6.45, 7) is 1.20. The van der Waals surface area contributed by atoms with E-state index in [1.54, 1.807) is 12.4 Å². The molecular formula is C19H24Cl2N2O2. The van der Waals surface area contributed by atoms with Gasteiger partial charge in [-0.05, 0) is 49.9 Å². The predicted molar refractivity (Wildman–Crippen MR) is 102 cm³/mol. The third-order valence-corrected chi connectivity index (χ3v) is 4.65. The van der Waals surface area contributed by atoms with E-state index < -0.39 is 0 Å². The number of benzene rings is 1. The second-order valence-corrected chi connectivity index (χ2v) is 6.72. The van der Waals surface area contributed by atoms with Gasteiger partial charge < -0.3 is 15.2 Å². The summed E-state index contributed by atoms with van der Waals surface area (Å²) in [5.74, 6) is 0.839. The number of pyridine rings is 1. The molecule has 136 valence electrons. The van der Waals surface area contributed by atoms with Gasteiger partial charge in [-0.15, -0.1) is 12.4 Å². The summed E-state index contributed by atoms with van der Waals surface area (Å²) in [4.78, 5) is 4.10. The normalized spacial score (nSPS) is 19.9. The molecule has 0 spiro atoms. The van der Waals surface area contributed by atoms with Gasteiger partial charge in [-0.2, -0.15) is 0 Å². The highest BCUT2D eigenvalue weighted by molar-refractivity contribution is 6.30. The quantitative estimate of drug-likeness (QED) is 0.788. The first-order chi connectivity index (χ1) is 11.7. The summed E-state index contributed by atoms with van der Waals surface area (Å²) in [5, 5.41) is 13.9. The number of hydrogen-bond donors (Lipinski definition) is 2. The van der Waals surface area contributed by atoms with Crippen molar-refractivity contribution in [1.82, 2.24) is 10.3 Å². The van der Waals surface area contributed by atoms with Crippen LogP contribution in [0.15, 0.2) is 42.7 Å². The average molecular weight is 383 g/mol. The highest BCUT2D eigenvalue weighted by atomic mass is 35.5. The lowest BCUT2D eigenvalue weighted by Crippen LogP contribution is -2.34. The molecule has 0 saturated heterocycles. The number of nitrogens with one attached hydrogen (secondary N) is 1. The van der Waals surface area contributed by atoms with Crippen molar-refractivity contribution in [1.29, 1.82) is 0 Å². The van der Waals surface area contributed by atoms with Crippen LogP contribution in [-0.4, -0.2) is 22.2 Å². The van der Waals surface area contributed by atoms with Gasteiger partial charge in [-0.1, -0.05) is 17.7 Å². The Morgan fingerprint density at radius 3 is 2.72 bits per heavy atom. The molecule has 2 aromatic rings. The van der Waals surface area contributed by atoms with E-state index in [2.05, 4.69) is 10.3 Å². The van der Waals surface area contributed by atoms with Crippen LogP contribution in [0.25, 0.3) is 0 Å². The molecule has 0 amide bonds. The molecule has 3 rings (SSSR count). The highest BCUT2D eigenvalue weighted by Crippen LogP contribution is 2.25. The molecule has 6 heteroatoms. The van der Waals surface area contributed by atoms with E-state index in [9.17, 15) is 5.11 Å². The first-order valence-electron chi connectivity index (χ1n) is 8.42. The molecule has 0 aliphatic heterocycles. The maximum absolute atomic E-state index is 9.60. The van der Waals surface area contributed by atoms with Crippen LogP contribution in [0.5, 0.6) is 5.75 Å². The zero-order valence-corrected chi connectivity index (χ0v) is 15.6. The van der Waals surface area contributed by atoms with Gasteiger partial charge in [0.1, 0.15) is 12.4 Å². The molecular weight excluding hydrogens is 359 g/mol. The molecule has 1 saturated carbocycles. The first kappa shape index (κ1) is 20.0. The van der Waals surface area contributed by atoms with Gasteiger partial charge in [0.2, 0.25) is 0 Å². The van der Waals surface area contributed by atoms with Crippen molar-refractivity contribution >= 4 is 24.0 Å². The van der Waals surface area contributed by atoms with Crippen molar-refractivity contribution in [2.24, 2.45) is 0 Å². The van der Waals surface area contributed by atoms with E-state index in [0.29, 0.717) is 24.2 Å². The lowest BCUT2D eigenvalue weighted by molar-refractivity contribution is 0.116. The van der Waals surface area contributed by atoms with Gasteiger partial charge in [0, 0.05) is 41.1 Å². The summed E-state index contributed by atoms with van der Waals surface area (Å²) < 4.78 is 5.96. The standard InChI is InChI=1S/C19H23ClN2O2.ClH/c20-16-3-8-19(24-13-14-2-1-9-21-11-14)15(10-16)12-22-17-4-6-18(23)7-5-17;/h1-3,8-11,17-18,22-23H,4-7,12-13H2;1H. The van der Waals surface area contributed by atoms with Gasteiger partial charge in [0.15, 0.2) is 0 Å². The molecule has 0 unspecified atom stereocenters. The largest absolute Gasteiger partial charge is 0.489 e. The van der Waals surface area contributed by atoms with Crippen molar-refractivity contribution in [2.45, 2.75) is 51.0 Å². The SMILES string of the molecule is Cl.OC1CCC(NCc2cc(Cl)ccc2OCc2cccnc2)CC1. The monoisotopic (exact) mass is 382 g/mol. The van der Waals surface area contributed by atoms with E-state index in [0.717, 1.165) is 42.6 Å². The summed E-state index contributed by atoms with van der Waals surface area (Å²) in [5.41, 5.74) is 2.09. The Labute approximate surface area is 160 Å². The van der Waals surface area contributed by atoms with Gasteiger partial charge in [0.05, 0.1) is 6.10 Å². The summed E-state index contributed by atoms with van der Waals surface area (Å²) in [7, 11) is 0. The number of aliphatic hydroxyl groups is 1. The molecule has 1 aromatic carbocycles. The Morgan fingerprint density at radius 2 is 2.00 bits per heavy atom. The number of aromatic nitrogens is 1. The van der Waals surface area contributed by atoms with Crippen LogP contribution in [-0.2, 0) is 13.2 Å².